The molecule has 2 atom stereocenters. The molecule has 1 N–H and O–H groups in total. The summed E-state index contributed by atoms with van der Waals surface area (Å²) in [6, 6.07) is 24.9. The number of hydrogen-bond acceptors (Lipinski definition) is 4. The summed E-state index contributed by atoms with van der Waals surface area (Å²) >= 11 is 0. The number of hydrogen-bond donors (Lipinski definition) is 1. The molecule has 29 heavy (non-hydrogen) atoms. The Balaban J connectivity index is 1.38. The summed E-state index contributed by atoms with van der Waals surface area (Å²) in [5.41, 5.74) is 2.03. The zero-order valence-electron chi connectivity index (χ0n) is 16.2. The zero-order chi connectivity index (χ0) is 20.1. The average molecular weight is 389 g/mol. The van der Waals surface area contributed by atoms with Crippen LogP contribution in [0.15, 0.2) is 78.9 Å². The highest BCUT2D eigenvalue weighted by atomic mass is 16.6. The second-order valence-electron chi connectivity index (χ2n) is 6.90. The maximum atomic E-state index is 12.7. The van der Waals surface area contributed by atoms with Crippen molar-refractivity contribution in [1.29, 1.82) is 0 Å². The Labute approximate surface area is 170 Å². The zero-order valence-corrected chi connectivity index (χ0v) is 16.2. The molecular formula is C24H23NO4. The van der Waals surface area contributed by atoms with Crippen molar-refractivity contribution in [3.8, 4) is 17.2 Å². The van der Waals surface area contributed by atoms with Crippen molar-refractivity contribution in [2.45, 2.75) is 32.3 Å². The molecule has 3 aromatic rings. The minimum absolute atomic E-state index is 0.203. The molecule has 1 amide bonds. The molecule has 3 aromatic carbocycles. The molecule has 0 aliphatic carbocycles. The van der Waals surface area contributed by atoms with E-state index in [-0.39, 0.29) is 12.0 Å². The fourth-order valence-electron chi connectivity index (χ4n) is 3.24. The monoisotopic (exact) mass is 389 g/mol. The number of benzene rings is 3. The Morgan fingerprint density at radius 2 is 1.48 bits per heavy atom. The van der Waals surface area contributed by atoms with E-state index in [4.69, 9.17) is 14.2 Å². The highest BCUT2D eigenvalue weighted by molar-refractivity contribution is 5.82. The summed E-state index contributed by atoms with van der Waals surface area (Å²) in [5, 5.41) is 2.97. The highest BCUT2D eigenvalue weighted by Gasteiger charge is 2.33. The lowest BCUT2D eigenvalue weighted by molar-refractivity contribution is -0.133. The number of rotatable bonds is 6. The molecule has 0 saturated heterocycles. The van der Waals surface area contributed by atoms with Crippen LogP contribution in [0.1, 0.15) is 18.1 Å². The van der Waals surface area contributed by atoms with Gasteiger partial charge in [-0.25, -0.2) is 0 Å². The van der Waals surface area contributed by atoms with Gasteiger partial charge in [0.2, 0.25) is 6.10 Å². The Hall–Kier alpha value is -3.47. The Morgan fingerprint density at radius 3 is 2.24 bits per heavy atom. The van der Waals surface area contributed by atoms with E-state index < -0.39 is 6.10 Å². The summed E-state index contributed by atoms with van der Waals surface area (Å²) in [7, 11) is 0. The van der Waals surface area contributed by atoms with E-state index in [9.17, 15) is 4.79 Å². The predicted octanol–water partition coefficient (Wildman–Crippen LogP) is 4.11. The largest absolute Gasteiger partial charge is 0.489 e. The molecule has 0 fully saturated rings. The van der Waals surface area contributed by atoms with Crippen LogP contribution >= 0.6 is 0 Å². The van der Waals surface area contributed by atoms with Gasteiger partial charge >= 0.3 is 0 Å². The second-order valence-corrected chi connectivity index (χ2v) is 6.90. The standard InChI is InChI=1S/C24H23NO4/c1-17-23(29-22-14-8-7-13-21(22)28-17)24(26)25-15-18-9-5-6-10-19(18)16-27-20-11-3-2-4-12-20/h2-14,17,23H,15-16H2,1H3,(H,25,26)/t17-,23+/m1/s1. The van der Waals surface area contributed by atoms with E-state index in [1.54, 1.807) is 6.07 Å². The molecule has 0 radical (unpaired) electrons. The van der Waals surface area contributed by atoms with Gasteiger partial charge in [-0.1, -0.05) is 54.6 Å². The molecule has 1 aliphatic heterocycles. The van der Waals surface area contributed by atoms with Crippen LogP contribution in [0, 0.1) is 0 Å². The number of ether oxygens (including phenoxy) is 3. The Kier molecular flexibility index (Phi) is 5.66. The average Bonchev–Trinajstić information content (AvgIpc) is 2.77. The van der Waals surface area contributed by atoms with E-state index >= 15 is 0 Å². The van der Waals surface area contributed by atoms with Crippen molar-refractivity contribution in [1.82, 2.24) is 5.32 Å². The molecule has 1 aliphatic rings. The minimum Gasteiger partial charge on any atom is -0.489 e. The lowest BCUT2D eigenvalue weighted by Crippen LogP contribution is -2.48. The number of carbonyl (C=O) groups is 1. The fraction of sp³-hybridized carbons (Fsp3) is 0.208. The molecule has 0 saturated carbocycles. The fourth-order valence-corrected chi connectivity index (χ4v) is 3.24. The molecule has 4 rings (SSSR count). The van der Waals surface area contributed by atoms with Gasteiger partial charge in [-0.2, -0.15) is 0 Å². The Morgan fingerprint density at radius 1 is 0.862 bits per heavy atom. The van der Waals surface area contributed by atoms with E-state index in [0.717, 1.165) is 16.9 Å². The van der Waals surface area contributed by atoms with Crippen LogP contribution in [0.3, 0.4) is 0 Å². The normalized spacial score (nSPS) is 17.4. The van der Waals surface area contributed by atoms with Gasteiger partial charge in [0, 0.05) is 6.54 Å². The first-order chi connectivity index (χ1) is 14.2. The molecule has 0 unspecified atom stereocenters. The maximum absolute atomic E-state index is 12.7. The third-order valence-corrected chi connectivity index (χ3v) is 4.81. The molecule has 148 valence electrons. The van der Waals surface area contributed by atoms with Gasteiger partial charge in [0.05, 0.1) is 0 Å². The van der Waals surface area contributed by atoms with Crippen LogP contribution in [-0.2, 0) is 17.9 Å². The minimum atomic E-state index is -0.697. The molecular weight excluding hydrogens is 366 g/mol. The Bertz CT molecular complexity index is 973. The summed E-state index contributed by atoms with van der Waals surface area (Å²) in [4.78, 5) is 12.7. The summed E-state index contributed by atoms with van der Waals surface area (Å²) in [6.45, 7) is 2.66. The van der Waals surface area contributed by atoms with Crippen LogP contribution in [0.5, 0.6) is 17.2 Å². The van der Waals surface area contributed by atoms with Gasteiger partial charge < -0.3 is 19.5 Å². The third-order valence-electron chi connectivity index (χ3n) is 4.81. The topological polar surface area (TPSA) is 56.8 Å². The van der Waals surface area contributed by atoms with Gasteiger partial charge in [0.15, 0.2) is 11.5 Å². The van der Waals surface area contributed by atoms with E-state index in [0.29, 0.717) is 24.7 Å². The molecule has 1 heterocycles. The molecule has 5 heteroatoms. The predicted molar refractivity (Wildman–Crippen MR) is 110 cm³/mol. The first-order valence-electron chi connectivity index (χ1n) is 9.65. The molecule has 0 bridgehead atoms. The van der Waals surface area contributed by atoms with Crippen LogP contribution in [0.2, 0.25) is 0 Å². The molecule has 5 nitrogen and oxygen atoms in total. The van der Waals surface area contributed by atoms with E-state index in [2.05, 4.69) is 5.32 Å². The first kappa shape index (κ1) is 18.9. The summed E-state index contributed by atoms with van der Waals surface area (Å²) < 4.78 is 17.5. The number of nitrogens with one attached hydrogen (secondary N) is 1. The third kappa shape index (κ3) is 4.51. The van der Waals surface area contributed by atoms with Crippen molar-refractivity contribution in [2.75, 3.05) is 0 Å². The van der Waals surface area contributed by atoms with E-state index in [1.165, 1.54) is 0 Å². The van der Waals surface area contributed by atoms with Crippen molar-refractivity contribution in [2.24, 2.45) is 0 Å². The van der Waals surface area contributed by atoms with Crippen LogP contribution < -0.4 is 19.5 Å². The summed E-state index contributed by atoms with van der Waals surface area (Å²) in [5.74, 6) is 1.85. The van der Waals surface area contributed by atoms with Crippen LogP contribution in [0.25, 0.3) is 0 Å². The van der Waals surface area contributed by atoms with Gasteiger partial charge in [-0.3, -0.25) is 4.79 Å². The van der Waals surface area contributed by atoms with Gasteiger partial charge in [-0.15, -0.1) is 0 Å². The van der Waals surface area contributed by atoms with Crippen molar-refractivity contribution >= 4 is 5.91 Å². The quantitative estimate of drug-likeness (QED) is 0.689. The lowest BCUT2D eigenvalue weighted by Gasteiger charge is -2.31. The highest BCUT2D eigenvalue weighted by Crippen LogP contribution is 2.33. The lowest BCUT2D eigenvalue weighted by atomic mass is 10.1. The SMILES string of the molecule is C[C@H]1Oc2ccccc2O[C@@H]1C(=O)NCc1ccccc1COc1ccccc1. The number of para-hydroxylation sites is 3. The number of carbonyl (C=O) groups excluding carboxylic acids is 1. The van der Waals surface area contributed by atoms with Crippen LogP contribution in [0.4, 0.5) is 0 Å². The summed E-state index contributed by atoms with van der Waals surface area (Å²) in [6.07, 6.45) is -1.07. The number of amides is 1. The number of fused-ring (bicyclic) bond motifs is 1. The maximum Gasteiger partial charge on any atom is 0.265 e. The first-order valence-corrected chi connectivity index (χ1v) is 9.65. The van der Waals surface area contributed by atoms with Crippen molar-refractivity contribution in [3.63, 3.8) is 0 Å². The molecule has 0 spiro atoms. The van der Waals surface area contributed by atoms with Crippen LogP contribution in [-0.4, -0.2) is 18.1 Å². The van der Waals surface area contributed by atoms with Crippen molar-refractivity contribution in [3.05, 3.63) is 90.0 Å². The second kappa shape index (κ2) is 8.69. The van der Waals surface area contributed by atoms with E-state index in [1.807, 2.05) is 79.7 Å². The molecule has 0 aromatic heterocycles. The van der Waals surface area contributed by atoms with Gasteiger partial charge in [0.1, 0.15) is 18.5 Å². The smallest absolute Gasteiger partial charge is 0.265 e. The van der Waals surface area contributed by atoms with Gasteiger partial charge in [-0.05, 0) is 42.3 Å². The van der Waals surface area contributed by atoms with Gasteiger partial charge in [0.25, 0.3) is 5.91 Å². The van der Waals surface area contributed by atoms with Crippen molar-refractivity contribution < 1.29 is 19.0 Å².